The van der Waals surface area contributed by atoms with Crippen molar-refractivity contribution in [2.24, 2.45) is 0 Å². The van der Waals surface area contributed by atoms with Crippen LogP contribution in [0.25, 0.3) is 0 Å². The molecule has 140 valence electrons. The molecule has 1 atom stereocenters. The summed E-state index contributed by atoms with van der Waals surface area (Å²) in [7, 11) is 0. The van der Waals surface area contributed by atoms with E-state index >= 15 is 0 Å². The van der Waals surface area contributed by atoms with Crippen LogP contribution in [0.15, 0.2) is 58.9 Å². The van der Waals surface area contributed by atoms with Gasteiger partial charge in [0.1, 0.15) is 10.4 Å². The first-order valence-electron chi connectivity index (χ1n) is 8.55. The lowest BCUT2D eigenvalue weighted by molar-refractivity contribution is -0.118. The Morgan fingerprint density at radius 1 is 1.15 bits per heavy atom. The predicted octanol–water partition coefficient (Wildman–Crippen LogP) is 5.30. The number of hydrogen-bond donors (Lipinski definition) is 0. The van der Waals surface area contributed by atoms with Gasteiger partial charge in [-0.2, -0.15) is 0 Å². The number of para-hydroxylation sites is 1. The van der Waals surface area contributed by atoms with E-state index in [9.17, 15) is 4.79 Å². The number of amides is 1. The standard InChI is InChI=1S/C20H20ClN3OS2/c1-14-8-6-7-9-16(14)13-26-20-23-22-18(27-20)12-24(19(25)15(2)21)17-10-4-3-5-11-17/h3-11,15H,12-13H2,1-2H3. The molecule has 0 fully saturated rings. The average molecular weight is 418 g/mol. The maximum atomic E-state index is 12.5. The first-order valence-corrected chi connectivity index (χ1v) is 10.8. The number of thioether (sulfide) groups is 1. The SMILES string of the molecule is Cc1ccccc1CSc1nnc(CN(C(=O)C(C)Cl)c2ccccc2)s1. The van der Waals surface area contributed by atoms with Crippen LogP contribution in [0.3, 0.4) is 0 Å². The molecule has 3 aromatic rings. The van der Waals surface area contributed by atoms with Crippen molar-refractivity contribution in [3.8, 4) is 0 Å². The van der Waals surface area contributed by atoms with E-state index in [0.29, 0.717) is 6.54 Å². The van der Waals surface area contributed by atoms with E-state index in [1.54, 1.807) is 23.6 Å². The lowest BCUT2D eigenvalue weighted by atomic mass is 10.1. The van der Waals surface area contributed by atoms with Crippen molar-refractivity contribution in [1.82, 2.24) is 10.2 Å². The molecule has 7 heteroatoms. The maximum absolute atomic E-state index is 12.5. The second kappa shape index (κ2) is 9.35. The number of anilines is 1. The highest BCUT2D eigenvalue weighted by atomic mass is 35.5. The van der Waals surface area contributed by atoms with Crippen LogP contribution in [0.5, 0.6) is 0 Å². The third kappa shape index (κ3) is 5.31. The van der Waals surface area contributed by atoms with Crippen LogP contribution in [-0.4, -0.2) is 21.5 Å². The van der Waals surface area contributed by atoms with Crippen molar-refractivity contribution in [3.05, 3.63) is 70.7 Å². The third-order valence-electron chi connectivity index (χ3n) is 4.03. The molecule has 0 saturated carbocycles. The van der Waals surface area contributed by atoms with Crippen LogP contribution < -0.4 is 4.90 Å². The van der Waals surface area contributed by atoms with Crippen LogP contribution in [0.1, 0.15) is 23.1 Å². The summed E-state index contributed by atoms with van der Waals surface area (Å²) in [5.41, 5.74) is 3.36. The van der Waals surface area contributed by atoms with Gasteiger partial charge in [0.05, 0.1) is 6.54 Å². The highest BCUT2D eigenvalue weighted by Gasteiger charge is 2.22. The molecule has 27 heavy (non-hydrogen) atoms. The Hall–Kier alpha value is -1.89. The second-order valence-corrected chi connectivity index (χ2v) is 8.99. The summed E-state index contributed by atoms with van der Waals surface area (Å²) >= 11 is 9.22. The topological polar surface area (TPSA) is 46.1 Å². The van der Waals surface area contributed by atoms with Gasteiger partial charge in [0.25, 0.3) is 0 Å². The van der Waals surface area contributed by atoms with Crippen LogP contribution in [-0.2, 0) is 17.1 Å². The zero-order chi connectivity index (χ0) is 19.2. The van der Waals surface area contributed by atoms with Crippen molar-refractivity contribution >= 4 is 46.3 Å². The summed E-state index contributed by atoms with van der Waals surface area (Å²) in [6, 6.07) is 17.8. The van der Waals surface area contributed by atoms with Gasteiger partial charge in [-0.05, 0) is 37.1 Å². The van der Waals surface area contributed by atoms with Gasteiger partial charge in [-0.15, -0.1) is 21.8 Å². The lowest BCUT2D eigenvalue weighted by Gasteiger charge is -2.22. The molecule has 3 rings (SSSR count). The monoisotopic (exact) mass is 417 g/mol. The number of carbonyl (C=O) groups is 1. The number of aromatic nitrogens is 2. The quantitative estimate of drug-likeness (QED) is 0.386. The van der Waals surface area contributed by atoms with Crippen LogP contribution in [0.4, 0.5) is 5.69 Å². The minimum atomic E-state index is -0.604. The van der Waals surface area contributed by atoms with Gasteiger partial charge >= 0.3 is 0 Å². The summed E-state index contributed by atoms with van der Waals surface area (Å²) < 4.78 is 0.896. The number of hydrogen-bond acceptors (Lipinski definition) is 5. The van der Waals surface area contributed by atoms with E-state index in [-0.39, 0.29) is 5.91 Å². The minimum Gasteiger partial charge on any atom is -0.304 e. The summed E-state index contributed by atoms with van der Waals surface area (Å²) in [5, 5.41) is 8.73. The molecule has 1 unspecified atom stereocenters. The number of nitrogens with zero attached hydrogens (tertiary/aromatic N) is 3. The number of carbonyl (C=O) groups excluding carboxylic acids is 1. The van der Waals surface area contributed by atoms with Crippen molar-refractivity contribution in [2.75, 3.05) is 4.90 Å². The average Bonchev–Trinajstić information content (AvgIpc) is 3.13. The molecule has 0 aliphatic carbocycles. The highest BCUT2D eigenvalue weighted by molar-refractivity contribution is 8.00. The number of halogens is 1. The lowest BCUT2D eigenvalue weighted by Crippen LogP contribution is -2.35. The van der Waals surface area contributed by atoms with Gasteiger partial charge in [0.2, 0.25) is 5.91 Å². The third-order valence-corrected chi connectivity index (χ3v) is 6.31. The van der Waals surface area contributed by atoms with E-state index in [1.807, 2.05) is 42.5 Å². The summed E-state index contributed by atoms with van der Waals surface area (Å²) in [6.45, 7) is 4.16. The van der Waals surface area contributed by atoms with Crippen LogP contribution >= 0.6 is 34.7 Å². The Labute approximate surface area is 172 Å². The highest BCUT2D eigenvalue weighted by Crippen LogP contribution is 2.28. The maximum Gasteiger partial charge on any atom is 0.245 e. The van der Waals surface area contributed by atoms with E-state index in [0.717, 1.165) is 20.8 Å². The zero-order valence-corrected chi connectivity index (χ0v) is 17.5. The molecule has 0 radical (unpaired) electrons. The summed E-state index contributed by atoms with van der Waals surface area (Å²) in [4.78, 5) is 14.2. The van der Waals surface area contributed by atoms with Crippen molar-refractivity contribution < 1.29 is 4.79 Å². The molecule has 0 N–H and O–H groups in total. The van der Waals surface area contributed by atoms with Gasteiger partial charge in [0, 0.05) is 11.4 Å². The molecule has 0 bridgehead atoms. The normalized spacial score (nSPS) is 12.0. The van der Waals surface area contributed by atoms with Gasteiger partial charge < -0.3 is 4.90 Å². The molecule has 2 aromatic carbocycles. The number of rotatable bonds is 7. The molecule has 0 spiro atoms. The fourth-order valence-corrected chi connectivity index (χ4v) is 4.61. The Kier molecular flexibility index (Phi) is 6.88. The zero-order valence-electron chi connectivity index (χ0n) is 15.1. The number of aryl methyl sites for hydroxylation is 1. The molecule has 1 amide bonds. The molecule has 0 saturated heterocycles. The van der Waals surface area contributed by atoms with Gasteiger partial charge in [-0.1, -0.05) is 65.6 Å². The largest absolute Gasteiger partial charge is 0.304 e. The number of benzene rings is 2. The van der Waals surface area contributed by atoms with E-state index < -0.39 is 5.38 Å². The van der Waals surface area contributed by atoms with Crippen molar-refractivity contribution in [3.63, 3.8) is 0 Å². The number of alkyl halides is 1. The van der Waals surface area contributed by atoms with Crippen LogP contribution in [0.2, 0.25) is 0 Å². The molecule has 4 nitrogen and oxygen atoms in total. The molecule has 1 aromatic heterocycles. The Morgan fingerprint density at radius 3 is 2.56 bits per heavy atom. The van der Waals surface area contributed by atoms with Gasteiger partial charge in [0.15, 0.2) is 4.34 Å². The Balaban J connectivity index is 1.70. The van der Waals surface area contributed by atoms with Gasteiger partial charge in [-0.3, -0.25) is 4.79 Å². The van der Waals surface area contributed by atoms with E-state index in [4.69, 9.17) is 11.6 Å². The smallest absolute Gasteiger partial charge is 0.245 e. The summed E-state index contributed by atoms with van der Waals surface area (Å²) in [5.74, 6) is 0.702. The summed E-state index contributed by atoms with van der Waals surface area (Å²) in [6.07, 6.45) is 0. The molecular weight excluding hydrogens is 398 g/mol. The molecule has 0 aliphatic rings. The van der Waals surface area contributed by atoms with Crippen molar-refractivity contribution in [2.45, 2.75) is 35.9 Å². The van der Waals surface area contributed by atoms with E-state index in [2.05, 4.69) is 29.3 Å². The Bertz CT molecular complexity index is 899. The van der Waals surface area contributed by atoms with E-state index in [1.165, 1.54) is 22.5 Å². The fourth-order valence-electron chi connectivity index (χ4n) is 2.53. The van der Waals surface area contributed by atoms with Gasteiger partial charge in [-0.25, -0.2) is 0 Å². The molecule has 0 aliphatic heterocycles. The van der Waals surface area contributed by atoms with Crippen molar-refractivity contribution in [1.29, 1.82) is 0 Å². The first-order chi connectivity index (χ1) is 13.0. The molecule has 1 heterocycles. The van der Waals surface area contributed by atoms with Crippen LogP contribution in [0, 0.1) is 6.92 Å². The first kappa shape index (κ1) is 19.9. The second-order valence-electron chi connectivity index (χ2n) is 6.05. The Morgan fingerprint density at radius 2 is 1.85 bits per heavy atom. The minimum absolute atomic E-state index is 0.146. The molecular formula is C20H20ClN3OS2. The fraction of sp³-hybridized carbons (Fsp3) is 0.250. The predicted molar refractivity (Wildman–Crippen MR) is 114 cm³/mol.